The van der Waals surface area contributed by atoms with Crippen molar-refractivity contribution in [1.82, 2.24) is 0 Å². The first-order valence-electron chi connectivity index (χ1n) is 6.70. The lowest BCUT2D eigenvalue weighted by Gasteiger charge is -2.03. The summed E-state index contributed by atoms with van der Waals surface area (Å²) in [6, 6.07) is 12.6. The predicted octanol–water partition coefficient (Wildman–Crippen LogP) is 4.26. The molecule has 0 aliphatic carbocycles. The van der Waals surface area contributed by atoms with Crippen LogP contribution in [0.2, 0.25) is 0 Å². The van der Waals surface area contributed by atoms with E-state index in [4.69, 9.17) is 9.47 Å². The van der Waals surface area contributed by atoms with Crippen molar-refractivity contribution in [2.24, 2.45) is 0 Å². The molecule has 0 saturated heterocycles. The van der Waals surface area contributed by atoms with Gasteiger partial charge in [-0.3, -0.25) is 4.79 Å². The molecule has 0 aromatic heterocycles. The van der Waals surface area contributed by atoms with E-state index in [1.807, 2.05) is 12.1 Å². The molecule has 0 amide bonds. The van der Waals surface area contributed by atoms with Crippen LogP contribution in [0.1, 0.15) is 15.9 Å². The van der Waals surface area contributed by atoms with Crippen LogP contribution in [0.4, 0.5) is 4.39 Å². The van der Waals surface area contributed by atoms with Crippen molar-refractivity contribution in [3.05, 3.63) is 62.9 Å². The molecule has 1 aliphatic rings. The Bertz CT molecular complexity index is 738. The monoisotopic (exact) mass is 410 g/mol. The lowest BCUT2D eigenvalue weighted by molar-refractivity contribution is 0.101. The first kappa shape index (κ1) is 15.0. The van der Waals surface area contributed by atoms with Gasteiger partial charge in [0.25, 0.3) is 0 Å². The molecule has 0 bridgehead atoms. The number of carbonyl (C=O) groups is 1. The van der Waals surface area contributed by atoms with Crippen LogP contribution in [0.15, 0.2) is 48.2 Å². The number of halogens is 2. The number of ketones is 1. The molecule has 3 rings (SSSR count). The van der Waals surface area contributed by atoms with Crippen molar-refractivity contribution in [1.29, 1.82) is 0 Å². The number of rotatable bonds is 4. The van der Waals surface area contributed by atoms with Gasteiger partial charge in [-0.05, 0) is 64.6 Å². The molecule has 2 aromatic carbocycles. The van der Waals surface area contributed by atoms with Gasteiger partial charge in [-0.2, -0.15) is 0 Å². The smallest absolute Gasteiger partial charge is 0.232 e. The first-order chi connectivity index (χ1) is 10.7. The molecular weight excluding hydrogens is 398 g/mol. The Balaban J connectivity index is 1.80. The number of benzene rings is 2. The van der Waals surface area contributed by atoms with Crippen LogP contribution in [0, 0.1) is 3.57 Å². The Hall–Kier alpha value is -1.89. The van der Waals surface area contributed by atoms with Crippen LogP contribution >= 0.6 is 22.6 Å². The third-order valence-electron chi connectivity index (χ3n) is 3.15. The highest BCUT2D eigenvalue weighted by molar-refractivity contribution is 14.1. The van der Waals surface area contributed by atoms with E-state index in [2.05, 4.69) is 22.6 Å². The van der Waals surface area contributed by atoms with Gasteiger partial charge in [-0.15, -0.1) is 0 Å². The first-order valence-corrected chi connectivity index (χ1v) is 7.78. The van der Waals surface area contributed by atoms with E-state index in [0.717, 1.165) is 9.13 Å². The molecule has 0 spiro atoms. The number of Topliss-reactive ketones (excluding diaryl/α,β-unsaturated/α-hetero) is 1. The Kier molecular flexibility index (Phi) is 4.42. The molecule has 2 aromatic rings. The molecule has 5 heteroatoms. The van der Waals surface area contributed by atoms with E-state index >= 15 is 0 Å². The molecule has 22 heavy (non-hydrogen) atoms. The van der Waals surface area contributed by atoms with Crippen molar-refractivity contribution in [2.45, 2.75) is 0 Å². The van der Waals surface area contributed by atoms with Gasteiger partial charge >= 0.3 is 0 Å². The minimum atomic E-state index is -0.523. The van der Waals surface area contributed by atoms with Crippen molar-refractivity contribution in [2.75, 3.05) is 13.3 Å². The average molecular weight is 410 g/mol. The van der Waals surface area contributed by atoms with Crippen LogP contribution in [-0.2, 0) is 0 Å². The molecule has 1 aliphatic heterocycles. The minimum absolute atomic E-state index is 0.0377. The van der Waals surface area contributed by atoms with Gasteiger partial charge in [0, 0.05) is 3.57 Å². The summed E-state index contributed by atoms with van der Waals surface area (Å²) in [7, 11) is 0. The highest BCUT2D eigenvalue weighted by Crippen LogP contribution is 2.33. The quantitative estimate of drug-likeness (QED) is 0.559. The van der Waals surface area contributed by atoms with Crippen molar-refractivity contribution >= 4 is 34.5 Å². The number of fused-ring (bicyclic) bond motifs is 1. The number of hydrogen-bond donors (Lipinski definition) is 0. The maximum atomic E-state index is 12.3. The number of ether oxygens (including phenoxy) is 2. The van der Waals surface area contributed by atoms with Gasteiger partial charge in [-0.1, -0.05) is 12.1 Å². The largest absolute Gasteiger partial charge is 0.491 e. The second kappa shape index (κ2) is 6.48. The lowest BCUT2D eigenvalue weighted by Crippen LogP contribution is -1.99. The zero-order valence-electron chi connectivity index (χ0n) is 11.5. The van der Waals surface area contributed by atoms with Crippen molar-refractivity contribution in [3.8, 4) is 11.5 Å². The van der Waals surface area contributed by atoms with Gasteiger partial charge in [0.1, 0.15) is 24.8 Å². The zero-order valence-corrected chi connectivity index (χ0v) is 13.7. The fraction of sp³-hybridized carbons (Fsp3) is 0.118. The van der Waals surface area contributed by atoms with Gasteiger partial charge in [0.05, 0.1) is 5.56 Å². The summed E-state index contributed by atoms with van der Waals surface area (Å²) < 4.78 is 23.8. The second-order valence-electron chi connectivity index (χ2n) is 4.69. The summed E-state index contributed by atoms with van der Waals surface area (Å²) in [5, 5.41) is 0. The van der Waals surface area contributed by atoms with Gasteiger partial charge in [0.2, 0.25) is 5.78 Å². The Morgan fingerprint density at radius 2 is 1.95 bits per heavy atom. The maximum Gasteiger partial charge on any atom is 0.232 e. The Labute approximate surface area is 140 Å². The molecule has 0 atom stereocenters. The highest BCUT2D eigenvalue weighted by Gasteiger charge is 2.27. The molecule has 112 valence electrons. The molecule has 0 unspecified atom stereocenters. The zero-order chi connectivity index (χ0) is 15.5. The number of carbonyl (C=O) groups excluding carboxylic acids is 1. The van der Waals surface area contributed by atoms with Crippen LogP contribution < -0.4 is 9.47 Å². The normalized spacial score (nSPS) is 14.8. The van der Waals surface area contributed by atoms with Gasteiger partial charge < -0.3 is 9.47 Å². The minimum Gasteiger partial charge on any atom is -0.491 e. The Morgan fingerprint density at radius 1 is 1.18 bits per heavy atom. The summed E-state index contributed by atoms with van der Waals surface area (Å²) in [6.07, 6.45) is 1.69. The molecular formula is C17H12FIO3. The van der Waals surface area contributed by atoms with Crippen LogP contribution in [0.25, 0.3) is 6.08 Å². The fourth-order valence-electron chi connectivity index (χ4n) is 2.13. The summed E-state index contributed by atoms with van der Waals surface area (Å²) in [5.74, 6) is 1.36. The summed E-state index contributed by atoms with van der Waals surface area (Å²) in [5.41, 5.74) is 1.40. The number of alkyl halides is 1. The number of allylic oxidation sites excluding steroid dienone is 1. The van der Waals surface area contributed by atoms with Crippen molar-refractivity contribution < 1.29 is 18.7 Å². The van der Waals surface area contributed by atoms with E-state index in [9.17, 15) is 9.18 Å². The molecule has 1 heterocycles. The van der Waals surface area contributed by atoms with E-state index < -0.39 is 6.67 Å². The van der Waals surface area contributed by atoms with E-state index in [-0.39, 0.29) is 12.4 Å². The molecule has 0 fully saturated rings. The topological polar surface area (TPSA) is 35.5 Å². The van der Waals surface area contributed by atoms with Crippen LogP contribution in [0.3, 0.4) is 0 Å². The van der Waals surface area contributed by atoms with Crippen LogP contribution in [0.5, 0.6) is 11.5 Å². The van der Waals surface area contributed by atoms with E-state index in [0.29, 0.717) is 22.8 Å². The number of hydrogen-bond acceptors (Lipinski definition) is 3. The third kappa shape index (κ3) is 3.14. The fourth-order valence-corrected chi connectivity index (χ4v) is 2.62. The lowest BCUT2D eigenvalue weighted by atomic mass is 10.1. The van der Waals surface area contributed by atoms with E-state index in [1.165, 1.54) is 0 Å². The highest BCUT2D eigenvalue weighted by atomic mass is 127. The molecule has 0 radical (unpaired) electrons. The van der Waals surface area contributed by atoms with Gasteiger partial charge in [-0.25, -0.2) is 4.39 Å². The summed E-state index contributed by atoms with van der Waals surface area (Å²) in [4.78, 5) is 12.3. The Morgan fingerprint density at radius 3 is 2.68 bits per heavy atom. The molecule has 3 nitrogen and oxygen atoms in total. The van der Waals surface area contributed by atoms with Gasteiger partial charge in [0.15, 0.2) is 5.76 Å². The average Bonchev–Trinajstić information content (AvgIpc) is 2.83. The SMILES string of the molecule is O=C1/C(=C/c2ccc(OCCF)cc2)Oc2ccc(I)cc21. The predicted molar refractivity (Wildman–Crippen MR) is 90.0 cm³/mol. The second-order valence-corrected chi connectivity index (χ2v) is 5.93. The summed E-state index contributed by atoms with van der Waals surface area (Å²) >= 11 is 2.16. The summed E-state index contributed by atoms with van der Waals surface area (Å²) in [6.45, 7) is -0.485. The van der Waals surface area contributed by atoms with E-state index in [1.54, 1.807) is 36.4 Å². The molecule has 0 saturated carbocycles. The standard InChI is InChI=1S/C17H12FIO3/c18-7-8-21-13-4-1-11(2-5-13)9-16-17(20)14-10-12(19)3-6-15(14)22-16/h1-6,9-10H,7-8H2/b16-9-. The molecule has 0 N–H and O–H groups in total. The van der Waals surface area contributed by atoms with Crippen molar-refractivity contribution in [3.63, 3.8) is 0 Å². The van der Waals surface area contributed by atoms with Crippen LogP contribution in [-0.4, -0.2) is 19.1 Å². The maximum absolute atomic E-state index is 12.3. The third-order valence-corrected chi connectivity index (χ3v) is 3.82.